The number of nitrogens with zero attached hydrogens (tertiary/aromatic N) is 2. The van der Waals surface area contributed by atoms with E-state index in [-0.39, 0.29) is 5.41 Å². The summed E-state index contributed by atoms with van der Waals surface area (Å²) < 4.78 is 8.31. The van der Waals surface area contributed by atoms with Crippen molar-refractivity contribution in [1.29, 1.82) is 0 Å². The van der Waals surface area contributed by atoms with E-state index in [1.165, 1.54) is 32.9 Å². The first-order valence-corrected chi connectivity index (χ1v) is 13.1. The lowest BCUT2D eigenvalue weighted by atomic mass is 9.86. The minimum absolute atomic E-state index is 0.106. The molecule has 7 rings (SSSR count). The molecule has 3 nitrogen and oxygen atoms in total. The van der Waals surface area contributed by atoms with Crippen molar-refractivity contribution in [3.63, 3.8) is 0 Å². The van der Waals surface area contributed by atoms with Gasteiger partial charge in [-0.15, -0.1) is 0 Å². The number of hydrogen-bond acceptors (Lipinski definition) is 2. The second kappa shape index (κ2) is 8.46. The first-order valence-electron chi connectivity index (χ1n) is 13.1. The molecule has 0 fully saturated rings. The molecule has 5 aromatic carbocycles. The normalized spacial score (nSPS) is 12.1. The van der Waals surface area contributed by atoms with Gasteiger partial charge in [0, 0.05) is 22.0 Å². The van der Waals surface area contributed by atoms with Crippen LogP contribution in [0.4, 0.5) is 0 Å². The monoisotopic (exact) mass is 492 g/mol. The van der Waals surface area contributed by atoms with Crippen LogP contribution in [-0.2, 0) is 5.41 Å². The van der Waals surface area contributed by atoms with Crippen molar-refractivity contribution in [1.82, 2.24) is 9.55 Å². The van der Waals surface area contributed by atoms with Crippen LogP contribution in [0.5, 0.6) is 0 Å². The molecule has 0 atom stereocenters. The first-order chi connectivity index (χ1) is 18.5. The van der Waals surface area contributed by atoms with Crippen molar-refractivity contribution in [3.8, 4) is 28.3 Å². The van der Waals surface area contributed by atoms with Crippen molar-refractivity contribution in [3.05, 3.63) is 121 Å². The molecule has 0 amide bonds. The molecule has 0 saturated carbocycles. The SMILES string of the molecule is CC(C)(C)c1ccc2c(c1)c1ccccc1n2-c1ccc(-c2ccc(-c3nc4ccccc4o3)cc2)cc1. The maximum absolute atomic E-state index is 5.94. The van der Waals surface area contributed by atoms with Gasteiger partial charge in [-0.2, -0.15) is 0 Å². The van der Waals surface area contributed by atoms with E-state index in [1.807, 2.05) is 24.3 Å². The molecule has 3 heteroatoms. The van der Waals surface area contributed by atoms with Gasteiger partial charge in [0.1, 0.15) is 5.52 Å². The van der Waals surface area contributed by atoms with Crippen molar-refractivity contribution >= 4 is 32.9 Å². The lowest BCUT2D eigenvalue weighted by molar-refractivity contribution is 0.591. The van der Waals surface area contributed by atoms with Crippen molar-refractivity contribution in [2.45, 2.75) is 26.2 Å². The van der Waals surface area contributed by atoms with E-state index >= 15 is 0 Å². The van der Waals surface area contributed by atoms with Gasteiger partial charge in [0.15, 0.2) is 5.58 Å². The number of oxazole rings is 1. The van der Waals surface area contributed by atoms with Crippen LogP contribution in [0.3, 0.4) is 0 Å². The molecule has 0 aliphatic heterocycles. The molecular weight excluding hydrogens is 464 g/mol. The van der Waals surface area contributed by atoms with E-state index in [1.54, 1.807) is 0 Å². The molecule has 0 radical (unpaired) electrons. The second-order valence-electron chi connectivity index (χ2n) is 10.9. The average molecular weight is 493 g/mol. The zero-order valence-electron chi connectivity index (χ0n) is 21.8. The minimum Gasteiger partial charge on any atom is -0.436 e. The Morgan fingerprint density at radius 1 is 0.605 bits per heavy atom. The first kappa shape index (κ1) is 22.6. The third-order valence-electron chi connectivity index (χ3n) is 7.42. The highest BCUT2D eigenvalue weighted by molar-refractivity contribution is 6.09. The number of para-hydroxylation sites is 3. The highest BCUT2D eigenvalue weighted by atomic mass is 16.3. The van der Waals surface area contributed by atoms with E-state index in [0.717, 1.165) is 27.9 Å². The van der Waals surface area contributed by atoms with Gasteiger partial charge in [0.05, 0.1) is 11.0 Å². The van der Waals surface area contributed by atoms with Crippen LogP contribution < -0.4 is 0 Å². The quantitative estimate of drug-likeness (QED) is 0.246. The standard InChI is InChI=1S/C35H28N2O/c1-35(2,3)26-18-21-32-29(22-26)28-8-4-6-10-31(28)37(32)27-19-16-24(17-20-27)23-12-14-25(15-13-23)34-36-30-9-5-7-11-33(30)38-34/h4-22H,1-3H3. The molecule has 0 spiro atoms. The van der Waals surface area contributed by atoms with Gasteiger partial charge >= 0.3 is 0 Å². The predicted molar refractivity (Wildman–Crippen MR) is 158 cm³/mol. The molecule has 184 valence electrons. The summed E-state index contributed by atoms with van der Waals surface area (Å²) in [6, 6.07) is 40.7. The molecule has 0 N–H and O–H groups in total. The predicted octanol–water partition coefficient (Wildman–Crippen LogP) is 9.56. The summed E-state index contributed by atoms with van der Waals surface area (Å²) in [6.07, 6.45) is 0. The fourth-order valence-electron chi connectivity index (χ4n) is 5.32. The summed E-state index contributed by atoms with van der Waals surface area (Å²) in [5, 5.41) is 2.58. The molecular formula is C35H28N2O. The smallest absolute Gasteiger partial charge is 0.227 e. The van der Waals surface area contributed by atoms with Crippen molar-refractivity contribution < 1.29 is 4.42 Å². The highest BCUT2D eigenvalue weighted by Gasteiger charge is 2.18. The van der Waals surface area contributed by atoms with Crippen LogP contribution in [0.25, 0.3) is 61.2 Å². The molecule has 0 bridgehead atoms. The van der Waals surface area contributed by atoms with Gasteiger partial charge in [0.25, 0.3) is 0 Å². The van der Waals surface area contributed by atoms with E-state index in [2.05, 4.69) is 121 Å². The molecule has 0 aliphatic carbocycles. The zero-order valence-corrected chi connectivity index (χ0v) is 21.8. The maximum atomic E-state index is 5.94. The van der Waals surface area contributed by atoms with Crippen LogP contribution in [0.1, 0.15) is 26.3 Å². The minimum atomic E-state index is 0.106. The van der Waals surface area contributed by atoms with Crippen LogP contribution in [0.15, 0.2) is 120 Å². The Labute approximate surface area is 222 Å². The number of hydrogen-bond donors (Lipinski definition) is 0. The molecule has 7 aromatic rings. The summed E-state index contributed by atoms with van der Waals surface area (Å²) in [7, 11) is 0. The molecule has 0 aliphatic rings. The Morgan fingerprint density at radius 2 is 1.24 bits per heavy atom. The fourth-order valence-corrected chi connectivity index (χ4v) is 5.32. The summed E-state index contributed by atoms with van der Waals surface area (Å²) in [4.78, 5) is 4.62. The fraction of sp³-hybridized carbons (Fsp3) is 0.114. The Morgan fingerprint density at radius 3 is 1.97 bits per heavy atom. The van der Waals surface area contributed by atoms with E-state index in [0.29, 0.717) is 5.89 Å². The summed E-state index contributed by atoms with van der Waals surface area (Å²) >= 11 is 0. The highest BCUT2D eigenvalue weighted by Crippen LogP contribution is 2.36. The lowest BCUT2D eigenvalue weighted by Crippen LogP contribution is -2.10. The molecule has 0 saturated heterocycles. The van der Waals surface area contributed by atoms with Crippen LogP contribution in [0, 0.1) is 0 Å². The van der Waals surface area contributed by atoms with Gasteiger partial charge < -0.3 is 8.98 Å². The zero-order chi connectivity index (χ0) is 25.9. The molecule has 38 heavy (non-hydrogen) atoms. The Bertz CT molecular complexity index is 1900. The largest absolute Gasteiger partial charge is 0.436 e. The topological polar surface area (TPSA) is 31.0 Å². The number of aromatic nitrogens is 2. The van der Waals surface area contributed by atoms with Crippen LogP contribution >= 0.6 is 0 Å². The third kappa shape index (κ3) is 3.71. The molecule has 2 aromatic heterocycles. The van der Waals surface area contributed by atoms with Crippen LogP contribution in [-0.4, -0.2) is 9.55 Å². The summed E-state index contributed by atoms with van der Waals surface area (Å²) in [5.41, 5.74) is 10.1. The maximum Gasteiger partial charge on any atom is 0.227 e. The number of benzene rings is 5. The van der Waals surface area contributed by atoms with Crippen molar-refractivity contribution in [2.75, 3.05) is 0 Å². The molecule has 2 heterocycles. The van der Waals surface area contributed by atoms with Gasteiger partial charge in [0.2, 0.25) is 5.89 Å². The summed E-state index contributed by atoms with van der Waals surface area (Å²) in [6.45, 7) is 6.81. The molecule has 0 unspecified atom stereocenters. The average Bonchev–Trinajstić information content (AvgIpc) is 3.52. The summed E-state index contributed by atoms with van der Waals surface area (Å²) in [5.74, 6) is 0.647. The van der Waals surface area contributed by atoms with Gasteiger partial charge in [-0.1, -0.05) is 81.4 Å². The Hall–Kier alpha value is -4.63. The second-order valence-corrected chi connectivity index (χ2v) is 10.9. The number of fused-ring (bicyclic) bond motifs is 4. The third-order valence-corrected chi connectivity index (χ3v) is 7.42. The van der Waals surface area contributed by atoms with Crippen LogP contribution in [0.2, 0.25) is 0 Å². The van der Waals surface area contributed by atoms with E-state index in [4.69, 9.17) is 4.42 Å². The van der Waals surface area contributed by atoms with Gasteiger partial charge in [-0.3, -0.25) is 0 Å². The van der Waals surface area contributed by atoms with Gasteiger partial charge in [-0.05, 0) is 76.7 Å². The Balaban J connectivity index is 1.25. The number of rotatable bonds is 3. The van der Waals surface area contributed by atoms with E-state index in [9.17, 15) is 0 Å². The lowest BCUT2D eigenvalue weighted by Gasteiger charge is -2.19. The Kier molecular flexibility index (Phi) is 5.02. The van der Waals surface area contributed by atoms with Crippen molar-refractivity contribution in [2.24, 2.45) is 0 Å². The van der Waals surface area contributed by atoms with Gasteiger partial charge in [-0.25, -0.2) is 4.98 Å². The van der Waals surface area contributed by atoms with E-state index < -0.39 is 0 Å².